The molecule has 1 aliphatic rings. The minimum absolute atomic E-state index is 0.659. The molecule has 10 aromatic carbocycles. The van der Waals surface area contributed by atoms with Crippen molar-refractivity contribution in [3.63, 3.8) is 0 Å². The summed E-state index contributed by atoms with van der Waals surface area (Å²) >= 11 is 1.86. The molecule has 0 unspecified atom stereocenters. The Morgan fingerprint density at radius 1 is 0.300 bits per heavy atom. The van der Waals surface area contributed by atoms with Gasteiger partial charge in [0.1, 0.15) is 0 Å². The highest BCUT2D eigenvalue weighted by molar-refractivity contribution is 7.25. The Bertz CT molecular complexity index is 4390. The van der Waals surface area contributed by atoms with E-state index in [0.29, 0.717) is 17.5 Å². The molecule has 0 saturated carbocycles. The smallest absolute Gasteiger partial charge is 0.164 e. The Labute approximate surface area is 406 Å². The van der Waals surface area contributed by atoms with E-state index in [1.807, 2.05) is 47.7 Å². The largest absolute Gasteiger partial charge is 0.309 e. The number of hydrogen-bond acceptors (Lipinski definition) is 4. The molecule has 14 aromatic rings. The van der Waals surface area contributed by atoms with E-state index in [1.54, 1.807) is 0 Å². The Balaban J connectivity index is 0.827. The summed E-state index contributed by atoms with van der Waals surface area (Å²) in [5.41, 5.74) is 17.5. The molecule has 0 saturated heterocycles. The Hall–Kier alpha value is -8.97. The lowest BCUT2D eigenvalue weighted by molar-refractivity contribution is 1.07. The van der Waals surface area contributed by atoms with Gasteiger partial charge in [-0.05, 0) is 119 Å². The van der Waals surface area contributed by atoms with E-state index in [2.05, 4.69) is 197 Å². The van der Waals surface area contributed by atoms with E-state index in [9.17, 15) is 0 Å². The molecule has 0 amide bonds. The van der Waals surface area contributed by atoms with Crippen molar-refractivity contribution in [3.05, 3.63) is 236 Å². The van der Waals surface area contributed by atoms with Crippen LogP contribution < -0.4 is 0 Å². The van der Waals surface area contributed by atoms with E-state index in [4.69, 9.17) is 15.0 Å². The van der Waals surface area contributed by atoms with Crippen LogP contribution in [-0.4, -0.2) is 24.1 Å². The maximum atomic E-state index is 5.07. The number of para-hydroxylation sites is 2. The number of fused-ring (bicyclic) bond motifs is 12. The third-order valence-corrected chi connectivity index (χ3v) is 15.5. The first-order chi connectivity index (χ1) is 34.7. The molecule has 0 radical (unpaired) electrons. The van der Waals surface area contributed by atoms with Crippen molar-refractivity contribution < 1.29 is 0 Å². The van der Waals surface area contributed by atoms with Crippen molar-refractivity contribution in [2.24, 2.45) is 0 Å². The molecular weight excluding hydrogens is 871 g/mol. The molecule has 326 valence electrons. The van der Waals surface area contributed by atoms with Gasteiger partial charge in [-0.2, -0.15) is 0 Å². The maximum Gasteiger partial charge on any atom is 0.164 e. The molecule has 0 aliphatic heterocycles. The van der Waals surface area contributed by atoms with Crippen LogP contribution in [0.2, 0.25) is 0 Å². The highest BCUT2D eigenvalue weighted by Gasteiger charge is 2.23. The van der Waals surface area contributed by atoms with Crippen molar-refractivity contribution in [1.82, 2.24) is 24.1 Å². The quantitative estimate of drug-likeness (QED) is 0.167. The molecular formula is C64H39N5S. The number of nitrogens with zero attached hydrogens (tertiary/aromatic N) is 5. The van der Waals surface area contributed by atoms with Gasteiger partial charge in [0, 0.05) is 69.8 Å². The second-order valence-corrected chi connectivity index (χ2v) is 19.5. The lowest BCUT2D eigenvalue weighted by Crippen LogP contribution is -2.00. The average molecular weight is 910 g/mol. The van der Waals surface area contributed by atoms with Crippen LogP contribution in [0.4, 0.5) is 0 Å². The molecule has 70 heavy (non-hydrogen) atoms. The first-order valence-corrected chi connectivity index (χ1v) is 24.6. The number of benzene rings is 10. The van der Waals surface area contributed by atoms with Gasteiger partial charge < -0.3 is 9.13 Å². The number of rotatable bonds is 6. The molecule has 0 atom stereocenters. The van der Waals surface area contributed by atoms with Crippen LogP contribution in [0.3, 0.4) is 0 Å². The fraction of sp³-hybridized carbons (Fsp3) is 0.0156. The summed E-state index contributed by atoms with van der Waals surface area (Å²) in [5.74, 6) is 1.98. The fourth-order valence-corrected chi connectivity index (χ4v) is 12.2. The van der Waals surface area contributed by atoms with Crippen molar-refractivity contribution in [3.8, 4) is 67.8 Å². The van der Waals surface area contributed by atoms with Gasteiger partial charge in [-0.3, -0.25) is 0 Å². The molecule has 5 nitrogen and oxygen atoms in total. The Morgan fingerprint density at radius 3 is 1.39 bits per heavy atom. The Morgan fingerprint density at radius 2 is 0.757 bits per heavy atom. The minimum atomic E-state index is 0.659. The molecule has 15 rings (SSSR count). The summed E-state index contributed by atoms with van der Waals surface area (Å²) in [4.78, 5) is 15.1. The molecule has 1 aliphatic carbocycles. The summed E-state index contributed by atoms with van der Waals surface area (Å²) in [6.45, 7) is 0. The zero-order chi connectivity index (χ0) is 45.9. The van der Waals surface area contributed by atoms with Gasteiger partial charge in [-0.1, -0.05) is 146 Å². The molecule has 0 bridgehead atoms. The van der Waals surface area contributed by atoms with Crippen molar-refractivity contribution >= 4 is 75.1 Å². The highest BCUT2D eigenvalue weighted by Crippen LogP contribution is 2.43. The predicted octanol–water partition coefficient (Wildman–Crippen LogP) is 16.7. The van der Waals surface area contributed by atoms with E-state index in [1.165, 1.54) is 103 Å². The molecule has 4 aromatic heterocycles. The summed E-state index contributed by atoms with van der Waals surface area (Å²) in [6, 6.07) is 81.3. The average Bonchev–Trinajstić information content (AvgIpc) is 4.18. The summed E-state index contributed by atoms with van der Waals surface area (Å²) in [6.07, 6.45) is 0.882. The third kappa shape index (κ3) is 6.07. The summed E-state index contributed by atoms with van der Waals surface area (Å²) in [7, 11) is 0. The molecule has 6 heteroatoms. The third-order valence-electron chi connectivity index (χ3n) is 14.4. The minimum Gasteiger partial charge on any atom is -0.309 e. The lowest BCUT2D eigenvalue weighted by Gasteiger charge is -2.12. The highest BCUT2D eigenvalue weighted by atomic mass is 32.1. The first kappa shape index (κ1) is 39.1. The van der Waals surface area contributed by atoms with Crippen LogP contribution in [0, 0.1) is 0 Å². The van der Waals surface area contributed by atoms with E-state index >= 15 is 0 Å². The molecule has 0 N–H and O–H groups in total. The topological polar surface area (TPSA) is 48.5 Å². The van der Waals surface area contributed by atoms with E-state index < -0.39 is 0 Å². The van der Waals surface area contributed by atoms with Gasteiger partial charge in [0.15, 0.2) is 17.5 Å². The monoisotopic (exact) mass is 909 g/mol. The second-order valence-electron chi connectivity index (χ2n) is 18.4. The first-order valence-electron chi connectivity index (χ1n) is 23.8. The lowest BCUT2D eigenvalue weighted by atomic mass is 10.0. The van der Waals surface area contributed by atoms with Crippen LogP contribution in [0.25, 0.3) is 132 Å². The van der Waals surface area contributed by atoms with Gasteiger partial charge >= 0.3 is 0 Å². The number of hydrogen-bond donors (Lipinski definition) is 0. The van der Waals surface area contributed by atoms with Gasteiger partial charge in [0.25, 0.3) is 0 Å². The Kier molecular flexibility index (Phi) is 8.52. The molecule has 4 heterocycles. The van der Waals surface area contributed by atoms with Gasteiger partial charge in [-0.15, -0.1) is 11.3 Å². The van der Waals surface area contributed by atoms with Crippen molar-refractivity contribution in [2.75, 3.05) is 0 Å². The summed E-state index contributed by atoms with van der Waals surface area (Å²) < 4.78 is 7.50. The SMILES string of the molecule is c1ccc(-c2nc(-c3ccccc3)nc(-c3ccc4c(c3)-c3cc(-n5c6ccccc6c6cc(-c7ccc8c(c7)c7ccccc7n8-c7ccc8sc9ccccc9c8c7)ccc65)ccc3C4)n2)cc1. The van der Waals surface area contributed by atoms with Gasteiger partial charge in [0.05, 0.1) is 22.1 Å². The van der Waals surface area contributed by atoms with Crippen molar-refractivity contribution in [2.45, 2.75) is 6.42 Å². The standard InChI is InChI=1S/C64H39N5S/c1-3-13-39(14-4-1)62-65-63(40-15-5-2-6-16-40)67-64(66-62)45-24-23-43-33-44-25-28-46(37-52(44)51(43)36-45)68-56-20-10-7-17-48(56)53-34-41(26-30-58(53)68)42-27-31-59-54(35-42)49-18-8-11-21-57(49)69(59)47-29-32-61-55(38-47)50-19-9-12-22-60(50)70-61/h1-32,34-38H,33H2. The fourth-order valence-electron chi connectivity index (χ4n) is 11.1. The number of aromatic nitrogens is 5. The van der Waals surface area contributed by atoms with Gasteiger partial charge in [-0.25, -0.2) is 15.0 Å². The summed E-state index contributed by atoms with van der Waals surface area (Å²) in [5, 5.41) is 7.57. The normalized spacial score (nSPS) is 12.2. The van der Waals surface area contributed by atoms with Crippen LogP contribution in [0.1, 0.15) is 11.1 Å². The van der Waals surface area contributed by atoms with Crippen molar-refractivity contribution in [1.29, 1.82) is 0 Å². The molecule has 0 spiro atoms. The van der Waals surface area contributed by atoms with Crippen LogP contribution >= 0.6 is 11.3 Å². The van der Waals surface area contributed by atoms with Crippen LogP contribution in [0.5, 0.6) is 0 Å². The van der Waals surface area contributed by atoms with Crippen LogP contribution in [0.15, 0.2) is 224 Å². The van der Waals surface area contributed by atoms with E-state index in [0.717, 1.165) is 28.8 Å². The zero-order valence-corrected chi connectivity index (χ0v) is 38.5. The predicted molar refractivity (Wildman–Crippen MR) is 291 cm³/mol. The van der Waals surface area contributed by atoms with Crippen LogP contribution in [-0.2, 0) is 6.42 Å². The zero-order valence-electron chi connectivity index (χ0n) is 37.7. The second kappa shape index (κ2) is 15.3. The molecule has 0 fully saturated rings. The van der Waals surface area contributed by atoms with Gasteiger partial charge in [0.2, 0.25) is 0 Å². The van der Waals surface area contributed by atoms with E-state index in [-0.39, 0.29) is 0 Å². The number of thiophene rings is 1. The maximum absolute atomic E-state index is 5.07.